The van der Waals surface area contributed by atoms with Gasteiger partial charge in [-0.25, -0.2) is 4.79 Å². The molecule has 28 heavy (non-hydrogen) atoms. The predicted octanol–water partition coefficient (Wildman–Crippen LogP) is 2.56. The Hall–Kier alpha value is -2.38. The Bertz CT molecular complexity index is 830. The maximum atomic E-state index is 12.5. The molecule has 2 saturated heterocycles. The van der Waals surface area contributed by atoms with E-state index in [2.05, 4.69) is 26.5 Å². The highest BCUT2D eigenvalue weighted by molar-refractivity contribution is 5.74. The van der Waals surface area contributed by atoms with Crippen LogP contribution in [0.15, 0.2) is 12.1 Å². The molecule has 1 aliphatic carbocycles. The Morgan fingerprint density at radius 3 is 2.43 bits per heavy atom. The number of fused-ring (bicyclic) bond motifs is 1. The van der Waals surface area contributed by atoms with Crippen LogP contribution in [0.25, 0.3) is 5.65 Å². The van der Waals surface area contributed by atoms with Crippen molar-refractivity contribution < 1.29 is 4.79 Å². The highest BCUT2D eigenvalue weighted by Gasteiger charge is 2.29. The molecule has 0 aromatic carbocycles. The SMILES string of the molecule is O=C(NC1CCCC1)N1CCC(c2nnc3ccc(N4CCCC4)nn23)CC1. The van der Waals surface area contributed by atoms with Crippen molar-refractivity contribution in [3.05, 3.63) is 18.0 Å². The molecule has 2 aromatic heterocycles. The highest BCUT2D eigenvalue weighted by Crippen LogP contribution is 2.28. The number of anilines is 1. The Labute approximate surface area is 165 Å². The van der Waals surface area contributed by atoms with Gasteiger partial charge in [-0.3, -0.25) is 0 Å². The molecule has 2 aliphatic heterocycles. The van der Waals surface area contributed by atoms with Crippen molar-refractivity contribution in [1.29, 1.82) is 0 Å². The lowest BCUT2D eigenvalue weighted by atomic mass is 9.96. The number of likely N-dealkylation sites (tertiary alicyclic amines) is 1. The summed E-state index contributed by atoms with van der Waals surface area (Å²) < 4.78 is 1.92. The van der Waals surface area contributed by atoms with E-state index in [-0.39, 0.29) is 6.03 Å². The van der Waals surface area contributed by atoms with Gasteiger partial charge in [-0.1, -0.05) is 12.8 Å². The molecule has 0 radical (unpaired) electrons. The van der Waals surface area contributed by atoms with Gasteiger partial charge in [0.2, 0.25) is 0 Å². The number of amides is 2. The zero-order valence-corrected chi connectivity index (χ0v) is 16.4. The van der Waals surface area contributed by atoms with Crippen LogP contribution >= 0.6 is 0 Å². The molecule has 0 bridgehead atoms. The van der Waals surface area contributed by atoms with Gasteiger partial charge in [0.15, 0.2) is 11.5 Å². The fourth-order valence-electron chi connectivity index (χ4n) is 4.84. The second kappa shape index (κ2) is 7.56. The summed E-state index contributed by atoms with van der Waals surface area (Å²) in [5.41, 5.74) is 0.805. The second-order valence-electron chi connectivity index (χ2n) is 8.41. The number of nitrogens with zero attached hydrogens (tertiary/aromatic N) is 6. The topological polar surface area (TPSA) is 78.7 Å². The van der Waals surface area contributed by atoms with Crippen LogP contribution in [-0.2, 0) is 0 Å². The Balaban J connectivity index is 1.26. The fourth-order valence-corrected chi connectivity index (χ4v) is 4.84. The second-order valence-corrected chi connectivity index (χ2v) is 8.41. The summed E-state index contributed by atoms with van der Waals surface area (Å²) >= 11 is 0. The summed E-state index contributed by atoms with van der Waals surface area (Å²) in [7, 11) is 0. The molecule has 1 saturated carbocycles. The van der Waals surface area contributed by atoms with Crippen LogP contribution in [0.3, 0.4) is 0 Å². The van der Waals surface area contributed by atoms with Crippen molar-refractivity contribution in [1.82, 2.24) is 30.0 Å². The summed E-state index contributed by atoms with van der Waals surface area (Å²) in [6.07, 6.45) is 9.01. The first-order valence-electron chi connectivity index (χ1n) is 10.8. The van der Waals surface area contributed by atoms with Crippen molar-refractivity contribution in [3.63, 3.8) is 0 Å². The van der Waals surface area contributed by atoms with Crippen molar-refractivity contribution >= 4 is 17.5 Å². The van der Waals surface area contributed by atoms with E-state index in [0.29, 0.717) is 12.0 Å². The van der Waals surface area contributed by atoms with Gasteiger partial charge in [-0.2, -0.15) is 4.52 Å². The number of urea groups is 1. The van der Waals surface area contributed by atoms with Gasteiger partial charge >= 0.3 is 6.03 Å². The molecule has 0 unspecified atom stereocenters. The van der Waals surface area contributed by atoms with E-state index >= 15 is 0 Å². The zero-order valence-electron chi connectivity index (χ0n) is 16.4. The first kappa shape index (κ1) is 17.7. The van der Waals surface area contributed by atoms with Crippen LogP contribution in [0, 0.1) is 0 Å². The van der Waals surface area contributed by atoms with Crippen LogP contribution in [0.4, 0.5) is 10.6 Å². The Morgan fingerprint density at radius 1 is 0.929 bits per heavy atom. The first-order valence-corrected chi connectivity index (χ1v) is 10.8. The number of piperidine rings is 1. The highest BCUT2D eigenvalue weighted by atomic mass is 16.2. The molecule has 4 heterocycles. The quantitative estimate of drug-likeness (QED) is 0.881. The smallest absolute Gasteiger partial charge is 0.317 e. The van der Waals surface area contributed by atoms with Crippen molar-refractivity contribution in [3.8, 4) is 0 Å². The van der Waals surface area contributed by atoms with Gasteiger partial charge in [0, 0.05) is 38.1 Å². The molecule has 5 rings (SSSR count). The lowest BCUT2D eigenvalue weighted by Crippen LogP contribution is -2.47. The number of nitrogens with one attached hydrogen (secondary N) is 1. The van der Waals surface area contributed by atoms with Gasteiger partial charge in [0.25, 0.3) is 0 Å². The van der Waals surface area contributed by atoms with Crippen molar-refractivity contribution in [2.75, 3.05) is 31.1 Å². The molecular weight excluding hydrogens is 354 g/mol. The molecule has 0 spiro atoms. The summed E-state index contributed by atoms with van der Waals surface area (Å²) in [5, 5.41) is 16.8. The molecule has 3 fully saturated rings. The molecule has 0 atom stereocenters. The molecule has 2 amide bonds. The summed E-state index contributed by atoms with van der Waals surface area (Å²) in [5.74, 6) is 2.25. The van der Waals surface area contributed by atoms with Gasteiger partial charge in [0.05, 0.1) is 0 Å². The number of hydrogen-bond acceptors (Lipinski definition) is 5. The minimum Gasteiger partial charge on any atom is -0.355 e. The van der Waals surface area contributed by atoms with Crippen LogP contribution in [-0.4, -0.2) is 63.0 Å². The number of aromatic nitrogens is 4. The molecule has 8 nitrogen and oxygen atoms in total. The number of carbonyl (C=O) groups is 1. The zero-order chi connectivity index (χ0) is 18.9. The third-order valence-corrected chi connectivity index (χ3v) is 6.53. The van der Waals surface area contributed by atoms with E-state index in [4.69, 9.17) is 5.10 Å². The maximum Gasteiger partial charge on any atom is 0.317 e. The van der Waals surface area contributed by atoms with E-state index in [1.54, 1.807) is 0 Å². The Kier molecular flexibility index (Phi) is 4.78. The average Bonchev–Trinajstić information content (AvgIpc) is 3.49. The summed E-state index contributed by atoms with van der Waals surface area (Å²) in [4.78, 5) is 16.8. The largest absolute Gasteiger partial charge is 0.355 e. The Morgan fingerprint density at radius 2 is 1.68 bits per heavy atom. The normalized spacial score (nSPS) is 21.7. The van der Waals surface area contributed by atoms with E-state index in [9.17, 15) is 4.79 Å². The third kappa shape index (κ3) is 3.40. The fraction of sp³-hybridized carbons (Fsp3) is 0.700. The van der Waals surface area contributed by atoms with E-state index in [1.165, 1.54) is 25.7 Å². The number of rotatable bonds is 3. The summed E-state index contributed by atoms with van der Waals surface area (Å²) in [6.45, 7) is 3.68. The minimum absolute atomic E-state index is 0.103. The van der Waals surface area contributed by atoms with Crippen LogP contribution in [0.1, 0.15) is 63.1 Å². The molecule has 3 aliphatic rings. The molecule has 1 N–H and O–H groups in total. The predicted molar refractivity (Wildman–Crippen MR) is 107 cm³/mol. The van der Waals surface area contributed by atoms with Crippen molar-refractivity contribution in [2.24, 2.45) is 0 Å². The minimum atomic E-state index is 0.103. The first-order chi connectivity index (χ1) is 13.8. The van der Waals surface area contributed by atoms with Crippen molar-refractivity contribution in [2.45, 2.75) is 63.3 Å². The van der Waals surface area contributed by atoms with Gasteiger partial charge < -0.3 is 15.1 Å². The monoisotopic (exact) mass is 383 g/mol. The maximum absolute atomic E-state index is 12.5. The van der Waals surface area contributed by atoms with E-state index < -0.39 is 0 Å². The molecule has 150 valence electrons. The summed E-state index contributed by atoms with van der Waals surface area (Å²) in [6, 6.07) is 4.54. The average molecular weight is 384 g/mol. The van der Waals surface area contributed by atoms with E-state index in [0.717, 1.165) is 69.2 Å². The lowest BCUT2D eigenvalue weighted by molar-refractivity contribution is 0.176. The van der Waals surface area contributed by atoms with Gasteiger partial charge in [-0.15, -0.1) is 15.3 Å². The standard InChI is InChI=1S/C20H29N7O/c28-20(21-16-5-1-2-6-16)26-13-9-15(10-14-26)19-23-22-17-7-8-18(24-27(17)19)25-11-3-4-12-25/h7-8,15-16H,1-6,9-14H2,(H,21,28). The lowest BCUT2D eigenvalue weighted by Gasteiger charge is -2.32. The molecule has 8 heteroatoms. The van der Waals surface area contributed by atoms with Gasteiger partial charge in [0.1, 0.15) is 5.82 Å². The van der Waals surface area contributed by atoms with E-state index in [1.807, 2.05) is 15.5 Å². The van der Waals surface area contributed by atoms with Crippen LogP contribution < -0.4 is 10.2 Å². The van der Waals surface area contributed by atoms with Gasteiger partial charge in [-0.05, 0) is 50.7 Å². The third-order valence-electron chi connectivity index (χ3n) is 6.53. The van der Waals surface area contributed by atoms with Crippen LogP contribution in [0.2, 0.25) is 0 Å². The number of hydrogen-bond donors (Lipinski definition) is 1. The molecule has 2 aromatic rings. The number of carbonyl (C=O) groups excluding carboxylic acids is 1. The van der Waals surface area contributed by atoms with Crippen LogP contribution in [0.5, 0.6) is 0 Å². The molecular formula is C20H29N7O.